The van der Waals surface area contributed by atoms with Gasteiger partial charge in [0, 0.05) is 32.2 Å². The van der Waals surface area contributed by atoms with Crippen molar-refractivity contribution in [1.82, 2.24) is 9.80 Å². The number of likely N-dealkylation sites (N-methyl/N-ethyl adjacent to an activating group) is 1. The van der Waals surface area contributed by atoms with Crippen LogP contribution in [0.25, 0.3) is 5.57 Å². The minimum atomic E-state index is -0.345. The molecule has 168 valence electrons. The van der Waals surface area contributed by atoms with Crippen molar-refractivity contribution in [1.29, 1.82) is 0 Å². The van der Waals surface area contributed by atoms with Crippen LogP contribution in [0.15, 0.2) is 42.1 Å². The Kier molecular flexibility index (Phi) is 5.93. The van der Waals surface area contributed by atoms with Crippen LogP contribution in [0.3, 0.4) is 0 Å². The van der Waals surface area contributed by atoms with E-state index in [1.54, 1.807) is 25.3 Å². The smallest absolute Gasteiger partial charge is 0.282 e. The maximum atomic E-state index is 13.9. The summed E-state index contributed by atoms with van der Waals surface area (Å²) in [4.78, 5) is 33.2. The van der Waals surface area contributed by atoms with Gasteiger partial charge in [0.15, 0.2) is 0 Å². The number of carbonyl (C=O) groups is 2. The fourth-order valence-electron chi connectivity index (χ4n) is 4.37. The van der Waals surface area contributed by atoms with E-state index in [0.717, 1.165) is 29.8 Å². The fraction of sp³-hybridized carbons (Fsp3) is 0.360. The molecule has 1 saturated heterocycles. The predicted octanol–water partition coefficient (Wildman–Crippen LogP) is 2.85. The monoisotopic (exact) mass is 435 g/mol. The largest absolute Gasteiger partial charge is 0.497 e. The van der Waals surface area contributed by atoms with Crippen molar-refractivity contribution < 1.29 is 19.1 Å². The lowest BCUT2D eigenvalue weighted by molar-refractivity contribution is -0.120. The van der Waals surface area contributed by atoms with Gasteiger partial charge in [-0.25, -0.2) is 4.90 Å². The van der Waals surface area contributed by atoms with Crippen molar-refractivity contribution in [3.8, 4) is 11.5 Å². The van der Waals surface area contributed by atoms with Gasteiger partial charge in [-0.2, -0.15) is 0 Å². The van der Waals surface area contributed by atoms with Crippen molar-refractivity contribution in [3.05, 3.63) is 58.8 Å². The van der Waals surface area contributed by atoms with Crippen molar-refractivity contribution in [3.63, 3.8) is 0 Å². The molecule has 1 fully saturated rings. The Morgan fingerprint density at radius 1 is 0.844 bits per heavy atom. The van der Waals surface area contributed by atoms with Crippen LogP contribution in [0.4, 0.5) is 5.69 Å². The van der Waals surface area contributed by atoms with E-state index < -0.39 is 0 Å². The zero-order valence-electron chi connectivity index (χ0n) is 19.3. The average Bonchev–Trinajstić information content (AvgIpc) is 3.03. The molecule has 2 heterocycles. The molecule has 2 aromatic carbocycles. The second kappa shape index (κ2) is 8.67. The van der Waals surface area contributed by atoms with Crippen LogP contribution < -0.4 is 14.4 Å². The van der Waals surface area contributed by atoms with Gasteiger partial charge in [0.1, 0.15) is 17.2 Å². The van der Waals surface area contributed by atoms with E-state index in [0.29, 0.717) is 41.5 Å². The molecular weight excluding hydrogens is 406 g/mol. The topological polar surface area (TPSA) is 62.3 Å². The van der Waals surface area contributed by atoms with Crippen molar-refractivity contribution in [2.24, 2.45) is 0 Å². The maximum absolute atomic E-state index is 13.9. The van der Waals surface area contributed by atoms with Gasteiger partial charge in [0.05, 0.1) is 25.5 Å². The molecule has 7 nitrogen and oxygen atoms in total. The van der Waals surface area contributed by atoms with E-state index >= 15 is 0 Å². The van der Waals surface area contributed by atoms with Gasteiger partial charge >= 0.3 is 0 Å². The molecule has 32 heavy (non-hydrogen) atoms. The van der Waals surface area contributed by atoms with Crippen LogP contribution in [0.2, 0.25) is 0 Å². The second-order valence-electron chi connectivity index (χ2n) is 8.32. The van der Waals surface area contributed by atoms with E-state index in [1.165, 1.54) is 12.0 Å². The summed E-state index contributed by atoms with van der Waals surface area (Å²) in [6.45, 7) is 7.01. The highest BCUT2D eigenvalue weighted by Crippen LogP contribution is 2.41. The number of hydrogen-bond donors (Lipinski definition) is 0. The molecule has 4 rings (SSSR count). The van der Waals surface area contributed by atoms with Crippen LogP contribution in [0.5, 0.6) is 11.5 Å². The summed E-state index contributed by atoms with van der Waals surface area (Å²) in [5, 5.41) is 0. The van der Waals surface area contributed by atoms with E-state index in [1.807, 2.05) is 36.9 Å². The standard InChI is InChI=1S/C25H29N3O4/c1-16-6-8-19(17(2)14-16)22-23(27-12-10-26(3)11-13-27)25(30)28(24(22)29)20-15-18(31-4)7-9-21(20)32-5/h6-9,14-15H,10-13H2,1-5H3. The Labute approximate surface area is 188 Å². The quantitative estimate of drug-likeness (QED) is 0.673. The minimum Gasteiger partial charge on any atom is -0.497 e. The molecule has 0 unspecified atom stereocenters. The molecule has 0 saturated carbocycles. The molecule has 0 spiro atoms. The Bertz CT molecular complexity index is 1100. The SMILES string of the molecule is COc1ccc(OC)c(N2C(=O)C(c3ccc(C)cc3C)=C(N3CCN(C)CC3)C2=O)c1. The third-order valence-corrected chi connectivity index (χ3v) is 6.16. The molecule has 2 aliphatic heterocycles. The minimum absolute atomic E-state index is 0.332. The summed E-state index contributed by atoms with van der Waals surface area (Å²) >= 11 is 0. The predicted molar refractivity (Wildman–Crippen MR) is 124 cm³/mol. The molecular formula is C25H29N3O4. The summed E-state index contributed by atoms with van der Waals surface area (Å²) in [5.41, 5.74) is 4.14. The van der Waals surface area contributed by atoms with Crippen molar-refractivity contribution in [2.75, 3.05) is 52.3 Å². The number of hydrogen-bond acceptors (Lipinski definition) is 6. The van der Waals surface area contributed by atoms with Gasteiger partial charge in [-0.1, -0.05) is 23.8 Å². The molecule has 2 aliphatic rings. The Balaban J connectivity index is 1.87. The highest BCUT2D eigenvalue weighted by Gasteiger charge is 2.44. The third kappa shape index (κ3) is 3.73. The van der Waals surface area contributed by atoms with Gasteiger partial charge in [0.25, 0.3) is 11.8 Å². The molecule has 0 aliphatic carbocycles. The molecule has 0 atom stereocenters. The van der Waals surface area contributed by atoms with E-state index in [2.05, 4.69) is 11.9 Å². The number of aryl methyl sites for hydroxylation is 2. The molecule has 2 aromatic rings. The number of methoxy groups -OCH3 is 2. The van der Waals surface area contributed by atoms with Gasteiger partial charge in [0.2, 0.25) is 0 Å². The van der Waals surface area contributed by atoms with E-state index in [9.17, 15) is 9.59 Å². The number of anilines is 1. The number of nitrogens with zero attached hydrogens (tertiary/aromatic N) is 3. The third-order valence-electron chi connectivity index (χ3n) is 6.16. The lowest BCUT2D eigenvalue weighted by atomic mass is 9.97. The summed E-state index contributed by atoms with van der Waals surface area (Å²) in [5.74, 6) is 0.304. The number of benzene rings is 2. The summed E-state index contributed by atoms with van der Waals surface area (Å²) < 4.78 is 10.8. The van der Waals surface area contributed by atoms with Crippen LogP contribution in [-0.4, -0.2) is 69.1 Å². The molecule has 0 radical (unpaired) electrons. The van der Waals surface area contributed by atoms with Gasteiger partial charge in [-0.3, -0.25) is 9.59 Å². The molecule has 2 amide bonds. The number of imide groups is 1. The van der Waals surface area contributed by atoms with Crippen molar-refractivity contribution in [2.45, 2.75) is 13.8 Å². The van der Waals surface area contributed by atoms with Gasteiger partial charge < -0.3 is 19.3 Å². The molecule has 0 aromatic heterocycles. The Morgan fingerprint density at radius 2 is 1.56 bits per heavy atom. The molecule has 0 bridgehead atoms. The number of ether oxygens (including phenoxy) is 2. The first-order chi connectivity index (χ1) is 15.3. The van der Waals surface area contributed by atoms with E-state index in [4.69, 9.17) is 9.47 Å². The maximum Gasteiger partial charge on any atom is 0.282 e. The second-order valence-corrected chi connectivity index (χ2v) is 8.32. The Hall–Kier alpha value is -3.32. The van der Waals surface area contributed by atoms with Crippen LogP contribution in [0, 0.1) is 13.8 Å². The normalized spacial score (nSPS) is 17.4. The zero-order chi connectivity index (χ0) is 23.0. The summed E-state index contributed by atoms with van der Waals surface area (Å²) in [6.07, 6.45) is 0. The van der Waals surface area contributed by atoms with Gasteiger partial charge in [-0.05, 0) is 44.2 Å². The first-order valence-corrected chi connectivity index (χ1v) is 10.7. The lowest BCUT2D eigenvalue weighted by Gasteiger charge is -2.34. The average molecular weight is 436 g/mol. The number of amides is 2. The summed E-state index contributed by atoms with van der Waals surface area (Å²) in [6, 6.07) is 11.1. The van der Waals surface area contributed by atoms with Gasteiger partial charge in [-0.15, -0.1) is 0 Å². The van der Waals surface area contributed by atoms with Crippen LogP contribution in [0.1, 0.15) is 16.7 Å². The fourth-order valence-corrected chi connectivity index (χ4v) is 4.37. The highest BCUT2D eigenvalue weighted by molar-refractivity contribution is 6.45. The van der Waals surface area contributed by atoms with Crippen LogP contribution in [-0.2, 0) is 9.59 Å². The number of rotatable bonds is 5. The first-order valence-electron chi connectivity index (χ1n) is 10.7. The van der Waals surface area contributed by atoms with E-state index in [-0.39, 0.29) is 11.8 Å². The number of carbonyl (C=O) groups excluding carboxylic acids is 2. The van der Waals surface area contributed by atoms with Crippen molar-refractivity contribution >= 4 is 23.1 Å². The molecule has 0 N–H and O–H groups in total. The lowest BCUT2D eigenvalue weighted by Crippen LogP contribution is -2.46. The first kappa shape index (κ1) is 21.9. The molecule has 7 heteroatoms. The summed E-state index contributed by atoms with van der Waals surface area (Å²) in [7, 11) is 5.14. The number of piperazine rings is 1. The van der Waals surface area contributed by atoms with Crippen LogP contribution >= 0.6 is 0 Å². The Morgan fingerprint density at radius 3 is 2.19 bits per heavy atom. The zero-order valence-corrected chi connectivity index (χ0v) is 19.3. The highest BCUT2D eigenvalue weighted by atomic mass is 16.5.